The van der Waals surface area contributed by atoms with E-state index in [4.69, 9.17) is 0 Å². The smallest absolute Gasteiger partial charge is 0.293 e. The molecule has 1 N–H and O–H groups in total. The standard InChI is InChI=1S/C13H10BrIN2O2/c14-11-4-2-1-3-9(11)8-16-12-6-5-10(15)7-13(12)17(18)19/h1-7,16H,8H2. The highest BCUT2D eigenvalue weighted by molar-refractivity contribution is 14.1. The van der Waals surface area contributed by atoms with Crippen molar-refractivity contribution in [2.45, 2.75) is 6.54 Å². The van der Waals surface area contributed by atoms with Crippen LogP contribution in [0.5, 0.6) is 0 Å². The quantitative estimate of drug-likeness (QED) is 0.437. The third kappa shape index (κ3) is 3.66. The highest BCUT2D eigenvalue weighted by Gasteiger charge is 2.13. The third-order valence-electron chi connectivity index (χ3n) is 2.58. The molecule has 0 radical (unpaired) electrons. The summed E-state index contributed by atoms with van der Waals surface area (Å²) in [6, 6.07) is 12.9. The van der Waals surface area contributed by atoms with E-state index in [1.807, 2.05) is 30.3 Å². The molecule has 2 aromatic carbocycles. The maximum atomic E-state index is 11.0. The second-order valence-corrected chi connectivity index (χ2v) is 5.96. The van der Waals surface area contributed by atoms with Crippen LogP contribution in [0.2, 0.25) is 0 Å². The van der Waals surface area contributed by atoms with Gasteiger partial charge in [0.15, 0.2) is 0 Å². The Morgan fingerprint density at radius 3 is 2.68 bits per heavy atom. The van der Waals surface area contributed by atoms with E-state index < -0.39 is 0 Å². The first-order valence-corrected chi connectivity index (χ1v) is 7.36. The van der Waals surface area contributed by atoms with Gasteiger partial charge in [0.1, 0.15) is 5.69 Å². The minimum absolute atomic E-state index is 0.0963. The molecule has 0 saturated carbocycles. The first-order valence-electron chi connectivity index (χ1n) is 5.49. The van der Waals surface area contributed by atoms with Crippen molar-refractivity contribution < 1.29 is 4.92 Å². The summed E-state index contributed by atoms with van der Waals surface area (Å²) >= 11 is 5.51. The van der Waals surface area contributed by atoms with E-state index in [2.05, 4.69) is 43.8 Å². The summed E-state index contributed by atoms with van der Waals surface area (Å²) in [6.45, 7) is 0.531. The molecule has 0 amide bonds. The van der Waals surface area contributed by atoms with Crippen molar-refractivity contribution in [2.24, 2.45) is 0 Å². The molecule has 19 heavy (non-hydrogen) atoms. The Bertz CT molecular complexity index is 619. The van der Waals surface area contributed by atoms with Crippen LogP contribution in [0.4, 0.5) is 11.4 Å². The molecule has 2 aromatic rings. The van der Waals surface area contributed by atoms with Crippen LogP contribution in [0.3, 0.4) is 0 Å². The number of hydrogen-bond donors (Lipinski definition) is 1. The Morgan fingerprint density at radius 1 is 1.26 bits per heavy atom. The predicted octanol–water partition coefficient (Wildman–Crippen LogP) is 4.57. The number of benzene rings is 2. The molecule has 0 unspecified atom stereocenters. The number of nitro benzene ring substituents is 1. The topological polar surface area (TPSA) is 55.2 Å². The zero-order valence-electron chi connectivity index (χ0n) is 9.77. The van der Waals surface area contributed by atoms with Gasteiger partial charge in [-0.2, -0.15) is 0 Å². The highest BCUT2D eigenvalue weighted by atomic mass is 127. The molecule has 0 aliphatic rings. The fourth-order valence-electron chi connectivity index (χ4n) is 1.64. The van der Waals surface area contributed by atoms with Gasteiger partial charge in [0.25, 0.3) is 5.69 Å². The van der Waals surface area contributed by atoms with Crippen molar-refractivity contribution >= 4 is 49.9 Å². The molecule has 0 aliphatic carbocycles. The Morgan fingerprint density at radius 2 is 2.00 bits per heavy atom. The van der Waals surface area contributed by atoms with Crippen molar-refractivity contribution in [3.8, 4) is 0 Å². The summed E-state index contributed by atoms with van der Waals surface area (Å²) in [5, 5.41) is 14.1. The summed E-state index contributed by atoms with van der Waals surface area (Å²) in [4.78, 5) is 10.6. The molecule has 98 valence electrons. The lowest BCUT2D eigenvalue weighted by molar-refractivity contribution is -0.384. The number of halogens is 2. The molecule has 6 heteroatoms. The maximum absolute atomic E-state index is 11.0. The van der Waals surface area contributed by atoms with Gasteiger partial charge in [-0.15, -0.1) is 0 Å². The van der Waals surface area contributed by atoms with Gasteiger partial charge >= 0.3 is 0 Å². The highest BCUT2D eigenvalue weighted by Crippen LogP contribution is 2.27. The zero-order valence-corrected chi connectivity index (χ0v) is 13.5. The monoisotopic (exact) mass is 432 g/mol. The molecule has 4 nitrogen and oxygen atoms in total. The minimum atomic E-state index is -0.371. The lowest BCUT2D eigenvalue weighted by atomic mass is 10.2. The predicted molar refractivity (Wildman–Crippen MR) is 87.3 cm³/mol. The zero-order chi connectivity index (χ0) is 13.8. The first-order chi connectivity index (χ1) is 9.08. The molecular weight excluding hydrogens is 423 g/mol. The molecule has 2 rings (SSSR count). The summed E-state index contributed by atoms with van der Waals surface area (Å²) in [5.74, 6) is 0. The molecule has 0 heterocycles. The van der Waals surface area contributed by atoms with Crippen molar-refractivity contribution in [1.82, 2.24) is 0 Å². The van der Waals surface area contributed by atoms with Gasteiger partial charge in [0.2, 0.25) is 0 Å². The molecule has 0 aliphatic heterocycles. The fraction of sp³-hybridized carbons (Fsp3) is 0.0769. The molecule has 0 aromatic heterocycles. The van der Waals surface area contributed by atoms with Crippen molar-refractivity contribution in [1.29, 1.82) is 0 Å². The van der Waals surface area contributed by atoms with E-state index in [0.717, 1.165) is 13.6 Å². The van der Waals surface area contributed by atoms with Crippen LogP contribution in [0.15, 0.2) is 46.9 Å². The van der Waals surface area contributed by atoms with E-state index in [1.54, 1.807) is 12.1 Å². The van der Waals surface area contributed by atoms with Gasteiger partial charge in [-0.05, 0) is 46.4 Å². The SMILES string of the molecule is O=[N+]([O-])c1cc(I)ccc1NCc1ccccc1Br. The number of nitro groups is 1. The van der Waals surface area contributed by atoms with Gasteiger partial charge in [-0.1, -0.05) is 34.1 Å². The van der Waals surface area contributed by atoms with Crippen molar-refractivity contribution in [3.05, 3.63) is 66.2 Å². The van der Waals surface area contributed by atoms with Crippen LogP contribution >= 0.6 is 38.5 Å². The second kappa shape index (κ2) is 6.33. The van der Waals surface area contributed by atoms with Gasteiger partial charge in [0.05, 0.1) is 4.92 Å². The Hall–Kier alpha value is -1.15. The maximum Gasteiger partial charge on any atom is 0.293 e. The number of anilines is 1. The van der Waals surface area contributed by atoms with Crippen LogP contribution in [-0.4, -0.2) is 4.92 Å². The van der Waals surface area contributed by atoms with Crippen molar-refractivity contribution in [3.63, 3.8) is 0 Å². The number of nitrogens with one attached hydrogen (secondary N) is 1. The molecular formula is C13H10BrIN2O2. The fourth-order valence-corrected chi connectivity index (χ4v) is 2.54. The average molecular weight is 433 g/mol. The van der Waals surface area contributed by atoms with E-state index >= 15 is 0 Å². The van der Waals surface area contributed by atoms with Crippen LogP contribution < -0.4 is 5.32 Å². The largest absolute Gasteiger partial charge is 0.375 e. The molecule has 0 atom stereocenters. The van der Waals surface area contributed by atoms with Crippen LogP contribution in [0.1, 0.15) is 5.56 Å². The van der Waals surface area contributed by atoms with Gasteiger partial charge in [-0.3, -0.25) is 10.1 Å². The van der Waals surface area contributed by atoms with Crippen molar-refractivity contribution in [2.75, 3.05) is 5.32 Å². The summed E-state index contributed by atoms with van der Waals surface area (Å²) in [5.41, 5.74) is 1.68. The lowest BCUT2D eigenvalue weighted by Crippen LogP contribution is -2.03. The van der Waals surface area contributed by atoms with E-state index in [1.165, 1.54) is 0 Å². The van der Waals surface area contributed by atoms with Crippen LogP contribution in [0, 0.1) is 13.7 Å². The number of nitrogens with zero attached hydrogens (tertiary/aromatic N) is 1. The van der Waals surface area contributed by atoms with Gasteiger partial charge < -0.3 is 5.32 Å². The normalized spacial score (nSPS) is 10.2. The number of rotatable bonds is 4. The summed E-state index contributed by atoms with van der Waals surface area (Å²) < 4.78 is 1.83. The van der Waals surface area contributed by atoms with Gasteiger partial charge in [-0.25, -0.2) is 0 Å². The molecule has 0 bridgehead atoms. The van der Waals surface area contributed by atoms with Gasteiger partial charge in [0, 0.05) is 20.7 Å². The van der Waals surface area contributed by atoms with Crippen LogP contribution in [0.25, 0.3) is 0 Å². The van der Waals surface area contributed by atoms with E-state index in [-0.39, 0.29) is 10.6 Å². The second-order valence-electron chi connectivity index (χ2n) is 3.86. The minimum Gasteiger partial charge on any atom is -0.375 e. The third-order valence-corrected chi connectivity index (χ3v) is 4.03. The van der Waals surface area contributed by atoms with E-state index in [0.29, 0.717) is 12.2 Å². The Kier molecular flexibility index (Phi) is 4.76. The Balaban J connectivity index is 2.20. The molecule has 0 fully saturated rings. The first kappa shape index (κ1) is 14.3. The van der Waals surface area contributed by atoms with Crippen LogP contribution in [-0.2, 0) is 6.54 Å². The summed E-state index contributed by atoms with van der Waals surface area (Å²) in [7, 11) is 0. The summed E-state index contributed by atoms with van der Waals surface area (Å²) in [6.07, 6.45) is 0. The molecule has 0 spiro atoms. The molecule has 0 saturated heterocycles. The Labute approximate surface area is 132 Å². The number of hydrogen-bond acceptors (Lipinski definition) is 3. The lowest BCUT2D eigenvalue weighted by Gasteiger charge is -2.08. The van der Waals surface area contributed by atoms with E-state index in [9.17, 15) is 10.1 Å². The average Bonchev–Trinajstić information content (AvgIpc) is 2.38.